The maximum Gasteiger partial charge on any atom is 0.251 e. The Morgan fingerprint density at radius 2 is 1.85 bits per heavy atom. The number of nitrogens with zero attached hydrogens (tertiary/aromatic N) is 2. The summed E-state index contributed by atoms with van der Waals surface area (Å²) in [4.78, 5) is 16.3. The number of amides is 1. The lowest BCUT2D eigenvalue weighted by molar-refractivity contribution is 0.0954. The first-order valence-corrected chi connectivity index (χ1v) is 8.43. The van der Waals surface area contributed by atoms with Crippen LogP contribution in [0.5, 0.6) is 5.75 Å². The van der Waals surface area contributed by atoms with Crippen molar-refractivity contribution in [1.29, 1.82) is 0 Å². The second-order valence-corrected chi connectivity index (χ2v) is 6.05. The van der Waals surface area contributed by atoms with Crippen LogP contribution in [0.2, 0.25) is 0 Å². The number of imidazole rings is 1. The van der Waals surface area contributed by atoms with Crippen LogP contribution < -0.4 is 10.1 Å². The molecular formula is C20H19F2N3O2. The van der Waals surface area contributed by atoms with Crippen LogP contribution in [0.15, 0.2) is 54.9 Å². The fourth-order valence-electron chi connectivity index (χ4n) is 2.56. The van der Waals surface area contributed by atoms with E-state index in [4.69, 9.17) is 4.74 Å². The number of halogens is 2. The Kier molecular flexibility index (Phi) is 5.80. The molecule has 0 radical (unpaired) electrons. The Labute approximate surface area is 155 Å². The van der Waals surface area contributed by atoms with E-state index in [1.54, 1.807) is 30.5 Å². The first-order chi connectivity index (χ1) is 13.0. The largest absolute Gasteiger partial charge is 0.486 e. The Balaban J connectivity index is 1.49. The molecule has 0 fully saturated rings. The maximum absolute atomic E-state index is 13.1. The molecule has 1 N–H and O–H groups in total. The molecule has 0 atom stereocenters. The molecular weight excluding hydrogens is 352 g/mol. The maximum atomic E-state index is 13.1. The normalized spacial score (nSPS) is 10.6. The van der Waals surface area contributed by atoms with Gasteiger partial charge in [-0.25, -0.2) is 13.8 Å². The summed E-state index contributed by atoms with van der Waals surface area (Å²) in [6.45, 7) is 0.609. The van der Waals surface area contributed by atoms with Gasteiger partial charge in [0.2, 0.25) is 0 Å². The number of nitrogens with one attached hydrogen (secondary N) is 1. The Hall–Kier alpha value is -3.22. The van der Waals surface area contributed by atoms with E-state index < -0.39 is 11.6 Å². The lowest BCUT2D eigenvalue weighted by atomic mass is 10.1. The minimum Gasteiger partial charge on any atom is -0.486 e. The summed E-state index contributed by atoms with van der Waals surface area (Å²) < 4.78 is 33.8. The molecule has 0 spiro atoms. The summed E-state index contributed by atoms with van der Waals surface area (Å²) in [5.41, 5.74) is 0.968. The van der Waals surface area contributed by atoms with E-state index in [0.717, 1.165) is 11.9 Å². The zero-order valence-electron chi connectivity index (χ0n) is 14.8. The van der Waals surface area contributed by atoms with Crippen molar-refractivity contribution in [3.8, 4) is 5.75 Å². The van der Waals surface area contributed by atoms with Crippen LogP contribution >= 0.6 is 0 Å². The van der Waals surface area contributed by atoms with Gasteiger partial charge in [0.25, 0.3) is 5.91 Å². The molecule has 0 unspecified atom stereocenters. The average Bonchev–Trinajstić information content (AvgIpc) is 3.04. The Morgan fingerprint density at radius 1 is 1.15 bits per heavy atom. The molecule has 3 rings (SSSR count). The highest BCUT2D eigenvalue weighted by molar-refractivity contribution is 5.94. The van der Waals surface area contributed by atoms with Crippen molar-refractivity contribution >= 4 is 5.91 Å². The Morgan fingerprint density at radius 3 is 2.48 bits per heavy atom. The molecule has 0 aliphatic rings. The van der Waals surface area contributed by atoms with Crippen molar-refractivity contribution in [1.82, 2.24) is 14.9 Å². The highest BCUT2D eigenvalue weighted by atomic mass is 19.1. The molecule has 0 bridgehead atoms. The van der Waals surface area contributed by atoms with Crippen LogP contribution in [0.3, 0.4) is 0 Å². The van der Waals surface area contributed by atoms with Gasteiger partial charge in [0.05, 0.1) is 0 Å². The highest BCUT2D eigenvalue weighted by Crippen LogP contribution is 2.14. The third-order valence-corrected chi connectivity index (χ3v) is 4.03. The van der Waals surface area contributed by atoms with Crippen molar-refractivity contribution in [3.05, 3.63) is 83.4 Å². The van der Waals surface area contributed by atoms with Crippen molar-refractivity contribution in [2.75, 3.05) is 6.54 Å². The molecule has 1 aromatic heterocycles. The smallest absolute Gasteiger partial charge is 0.251 e. The van der Waals surface area contributed by atoms with E-state index >= 15 is 0 Å². The minimum atomic E-state index is -0.627. The van der Waals surface area contributed by atoms with Gasteiger partial charge in [0, 0.05) is 37.6 Å². The number of aromatic nitrogens is 2. The summed E-state index contributed by atoms with van der Waals surface area (Å²) in [6.07, 6.45) is 3.87. The van der Waals surface area contributed by atoms with E-state index in [2.05, 4.69) is 10.3 Å². The van der Waals surface area contributed by atoms with Gasteiger partial charge in [-0.3, -0.25) is 4.79 Å². The van der Waals surface area contributed by atoms with Crippen molar-refractivity contribution < 1.29 is 18.3 Å². The second kappa shape index (κ2) is 8.44. The summed E-state index contributed by atoms with van der Waals surface area (Å²) in [5.74, 6) is -0.0900. The van der Waals surface area contributed by atoms with Gasteiger partial charge in [-0.05, 0) is 48.4 Å². The fourth-order valence-corrected chi connectivity index (χ4v) is 2.56. The molecule has 1 amide bonds. The Bertz CT molecular complexity index is 903. The van der Waals surface area contributed by atoms with Gasteiger partial charge in [0.1, 0.15) is 29.8 Å². The van der Waals surface area contributed by atoms with Crippen LogP contribution in [0.25, 0.3) is 0 Å². The van der Waals surface area contributed by atoms with Crippen molar-refractivity contribution in [3.63, 3.8) is 0 Å². The molecule has 0 saturated heterocycles. The molecule has 0 aliphatic heterocycles. The van der Waals surface area contributed by atoms with Gasteiger partial charge >= 0.3 is 0 Å². The van der Waals surface area contributed by atoms with E-state index in [-0.39, 0.29) is 12.5 Å². The molecule has 27 heavy (non-hydrogen) atoms. The zero-order valence-corrected chi connectivity index (χ0v) is 14.8. The molecule has 0 saturated carbocycles. The third-order valence-electron chi connectivity index (χ3n) is 4.03. The fraction of sp³-hybridized carbons (Fsp3) is 0.200. The van der Waals surface area contributed by atoms with Crippen molar-refractivity contribution in [2.45, 2.75) is 13.0 Å². The summed E-state index contributed by atoms with van der Waals surface area (Å²) in [7, 11) is 1.89. The van der Waals surface area contributed by atoms with E-state index in [0.29, 0.717) is 29.9 Å². The van der Waals surface area contributed by atoms with Crippen LogP contribution in [-0.4, -0.2) is 22.0 Å². The molecule has 1 heterocycles. The zero-order chi connectivity index (χ0) is 19.2. The number of rotatable bonds is 7. The number of benzene rings is 2. The van der Waals surface area contributed by atoms with Gasteiger partial charge < -0.3 is 14.6 Å². The summed E-state index contributed by atoms with van der Waals surface area (Å²) in [6, 6.07) is 10.1. The lowest BCUT2D eigenvalue weighted by Crippen LogP contribution is -2.25. The van der Waals surface area contributed by atoms with Crippen LogP contribution in [0.1, 0.15) is 21.7 Å². The highest BCUT2D eigenvalue weighted by Gasteiger charge is 2.07. The molecule has 0 aliphatic carbocycles. The molecule has 140 valence electrons. The first kappa shape index (κ1) is 18.6. The van der Waals surface area contributed by atoms with E-state index in [1.165, 1.54) is 12.1 Å². The number of carbonyl (C=O) groups excluding carboxylic acids is 1. The van der Waals surface area contributed by atoms with Crippen LogP contribution in [0.4, 0.5) is 8.78 Å². The molecule has 7 heteroatoms. The van der Waals surface area contributed by atoms with E-state index in [9.17, 15) is 13.6 Å². The number of hydrogen-bond acceptors (Lipinski definition) is 3. The minimum absolute atomic E-state index is 0.262. The predicted molar refractivity (Wildman–Crippen MR) is 96.4 cm³/mol. The standard InChI is InChI=1S/C20H19F2N3O2/c1-25-9-8-23-19(25)13-27-18-4-2-15(3-5-18)20(26)24-7-6-14-10-16(21)12-17(22)11-14/h2-5,8-12H,6-7,13H2,1H3,(H,24,26). The molecule has 2 aromatic carbocycles. The topological polar surface area (TPSA) is 56.2 Å². The first-order valence-electron chi connectivity index (χ1n) is 8.43. The SMILES string of the molecule is Cn1ccnc1COc1ccc(C(=O)NCCc2cc(F)cc(F)c2)cc1. The quantitative estimate of drug-likeness (QED) is 0.694. The lowest BCUT2D eigenvalue weighted by Gasteiger charge is -2.08. The van der Waals surface area contributed by atoms with Gasteiger partial charge in [0.15, 0.2) is 0 Å². The van der Waals surface area contributed by atoms with E-state index in [1.807, 2.05) is 17.8 Å². The second-order valence-electron chi connectivity index (χ2n) is 6.05. The van der Waals surface area contributed by atoms with Gasteiger partial charge in [-0.15, -0.1) is 0 Å². The number of aryl methyl sites for hydroxylation is 1. The average molecular weight is 371 g/mol. The van der Waals surface area contributed by atoms with Gasteiger partial charge in [-0.2, -0.15) is 0 Å². The van der Waals surface area contributed by atoms with Gasteiger partial charge in [-0.1, -0.05) is 0 Å². The summed E-state index contributed by atoms with van der Waals surface area (Å²) >= 11 is 0. The monoisotopic (exact) mass is 371 g/mol. The van der Waals surface area contributed by atoms with Crippen LogP contribution in [0, 0.1) is 11.6 Å². The number of hydrogen-bond donors (Lipinski definition) is 1. The molecule has 5 nitrogen and oxygen atoms in total. The summed E-state index contributed by atoms with van der Waals surface area (Å²) in [5, 5.41) is 2.73. The van der Waals surface area contributed by atoms with Crippen molar-refractivity contribution in [2.24, 2.45) is 7.05 Å². The third kappa shape index (κ3) is 5.13. The predicted octanol–water partition coefficient (Wildman–Crippen LogP) is 3.25. The van der Waals surface area contributed by atoms with Crippen LogP contribution in [-0.2, 0) is 20.1 Å². The molecule has 3 aromatic rings. The number of ether oxygens (including phenoxy) is 1. The number of carbonyl (C=O) groups is 1.